The van der Waals surface area contributed by atoms with E-state index in [9.17, 15) is 0 Å². The Balaban J connectivity index is 2.13. The number of hydrogen-bond donors (Lipinski definition) is 1. The van der Waals surface area contributed by atoms with Gasteiger partial charge in [0.15, 0.2) is 0 Å². The average Bonchev–Trinajstić information content (AvgIpc) is 2.81. The Morgan fingerprint density at radius 2 is 2.06 bits per heavy atom. The van der Waals surface area contributed by atoms with E-state index in [4.69, 9.17) is 0 Å². The van der Waals surface area contributed by atoms with Crippen LogP contribution in [-0.2, 0) is 13.5 Å². The van der Waals surface area contributed by atoms with Gasteiger partial charge in [-0.05, 0) is 19.0 Å². The predicted octanol–water partition coefficient (Wildman–Crippen LogP) is 0.888. The Kier molecular flexibility index (Phi) is 4.35. The second kappa shape index (κ2) is 6.20. The van der Waals surface area contributed by atoms with E-state index in [1.807, 2.05) is 13.1 Å². The Bertz CT molecular complexity index is 466. The van der Waals surface area contributed by atoms with Crippen LogP contribution in [0.3, 0.4) is 0 Å². The molecule has 0 spiro atoms. The molecule has 0 bridgehead atoms. The molecule has 2 aromatic rings. The second-order valence-electron chi connectivity index (χ2n) is 4.12. The van der Waals surface area contributed by atoms with Crippen LogP contribution in [0, 0.1) is 0 Å². The van der Waals surface area contributed by atoms with E-state index in [0.717, 1.165) is 31.0 Å². The van der Waals surface area contributed by atoms with Gasteiger partial charge in [-0.1, -0.05) is 6.92 Å². The van der Waals surface area contributed by atoms with E-state index >= 15 is 0 Å². The van der Waals surface area contributed by atoms with Crippen molar-refractivity contribution < 1.29 is 0 Å². The minimum absolute atomic E-state index is 0.0778. The van der Waals surface area contributed by atoms with Crippen molar-refractivity contribution in [2.45, 2.75) is 25.8 Å². The molecule has 0 saturated heterocycles. The summed E-state index contributed by atoms with van der Waals surface area (Å²) in [5, 5.41) is 7.53. The lowest BCUT2D eigenvalue weighted by Crippen LogP contribution is -2.26. The maximum Gasteiger partial charge on any atom is 0.145 e. The molecule has 18 heavy (non-hydrogen) atoms. The summed E-state index contributed by atoms with van der Waals surface area (Å²) in [6.07, 6.45) is 6.90. The summed E-state index contributed by atoms with van der Waals surface area (Å²) in [6, 6.07) is 1.90. The third kappa shape index (κ3) is 3.10. The van der Waals surface area contributed by atoms with Crippen molar-refractivity contribution >= 4 is 0 Å². The fourth-order valence-electron chi connectivity index (χ4n) is 1.75. The lowest BCUT2D eigenvalue weighted by Gasteiger charge is -2.16. The highest BCUT2D eigenvalue weighted by molar-refractivity contribution is 5.01. The Hall–Kier alpha value is -1.82. The maximum atomic E-state index is 4.31. The molecule has 2 heterocycles. The smallest absolute Gasteiger partial charge is 0.145 e. The van der Waals surface area contributed by atoms with Gasteiger partial charge < -0.3 is 5.32 Å². The van der Waals surface area contributed by atoms with Crippen LogP contribution in [0.15, 0.2) is 24.8 Å². The van der Waals surface area contributed by atoms with E-state index in [-0.39, 0.29) is 6.04 Å². The molecule has 0 aliphatic carbocycles. The summed E-state index contributed by atoms with van der Waals surface area (Å²) in [7, 11) is 1.89. The highest BCUT2D eigenvalue weighted by Crippen LogP contribution is 2.12. The Labute approximate surface area is 106 Å². The third-order valence-electron chi connectivity index (χ3n) is 2.73. The maximum absolute atomic E-state index is 4.31. The van der Waals surface area contributed by atoms with Gasteiger partial charge in [-0.3, -0.25) is 4.68 Å². The van der Waals surface area contributed by atoms with Crippen LogP contribution in [0.1, 0.15) is 31.0 Å². The van der Waals surface area contributed by atoms with E-state index in [1.165, 1.54) is 0 Å². The summed E-state index contributed by atoms with van der Waals surface area (Å²) in [4.78, 5) is 12.9. The van der Waals surface area contributed by atoms with E-state index in [2.05, 4.69) is 32.3 Å². The number of nitrogens with one attached hydrogen (secondary N) is 1. The van der Waals surface area contributed by atoms with Crippen LogP contribution < -0.4 is 5.32 Å². The number of aryl methyl sites for hydroxylation is 1. The molecule has 0 amide bonds. The first-order valence-electron chi connectivity index (χ1n) is 6.14. The largest absolute Gasteiger partial charge is 0.307 e. The third-order valence-corrected chi connectivity index (χ3v) is 2.73. The fourth-order valence-corrected chi connectivity index (χ4v) is 1.75. The molecule has 6 heteroatoms. The number of rotatable bonds is 6. The van der Waals surface area contributed by atoms with Gasteiger partial charge in [0.1, 0.15) is 18.0 Å². The van der Waals surface area contributed by atoms with E-state index in [1.54, 1.807) is 23.4 Å². The molecule has 1 unspecified atom stereocenters. The van der Waals surface area contributed by atoms with E-state index < -0.39 is 0 Å². The molecule has 1 atom stereocenters. The minimum atomic E-state index is 0.0778. The summed E-state index contributed by atoms with van der Waals surface area (Å²) in [6.45, 7) is 3.07. The first kappa shape index (κ1) is 12.6. The first-order chi connectivity index (χ1) is 8.81. The molecular weight excluding hydrogens is 228 g/mol. The van der Waals surface area contributed by atoms with Crippen LogP contribution in [0.25, 0.3) is 0 Å². The highest BCUT2D eigenvalue weighted by Gasteiger charge is 2.16. The van der Waals surface area contributed by atoms with Crippen molar-refractivity contribution in [1.82, 2.24) is 30.0 Å². The predicted molar refractivity (Wildman–Crippen MR) is 67.8 cm³/mol. The SMILES string of the molecule is CCCNC(Cc1ncnn1C)c1ncccn1. The molecule has 6 nitrogen and oxygen atoms in total. The van der Waals surface area contributed by atoms with Crippen LogP contribution in [-0.4, -0.2) is 31.3 Å². The summed E-state index contributed by atoms with van der Waals surface area (Å²) in [5.41, 5.74) is 0. The van der Waals surface area contributed by atoms with E-state index in [0.29, 0.717) is 0 Å². The molecule has 0 aromatic carbocycles. The summed E-state index contributed by atoms with van der Waals surface area (Å²) < 4.78 is 1.78. The van der Waals surface area contributed by atoms with Gasteiger partial charge in [0.2, 0.25) is 0 Å². The van der Waals surface area contributed by atoms with Gasteiger partial charge in [-0.15, -0.1) is 0 Å². The molecule has 0 aliphatic heterocycles. The van der Waals surface area contributed by atoms with Gasteiger partial charge >= 0.3 is 0 Å². The molecule has 0 fully saturated rings. The molecule has 2 aromatic heterocycles. The molecular formula is C12H18N6. The molecule has 0 aliphatic rings. The van der Waals surface area contributed by atoms with Crippen LogP contribution in [0.5, 0.6) is 0 Å². The van der Waals surface area contributed by atoms with Gasteiger partial charge in [0.05, 0.1) is 6.04 Å². The highest BCUT2D eigenvalue weighted by atomic mass is 15.3. The van der Waals surface area contributed by atoms with Gasteiger partial charge in [-0.25, -0.2) is 15.0 Å². The average molecular weight is 246 g/mol. The van der Waals surface area contributed by atoms with Gasteiger partial charge in [-0.2, -0.15) is 5.10 Å². The molecule has 0 radical (unpaired) electrons. The normalized spacial score (nSPS) is 12.6. The zero-order valence-electron chi connectivity index (χ0n) is 10.7. The van der Waals surface area contributed by atoms with Crippen LogP contribution >= 0.6 is 0 Å². The zero-order chi connectivity index (χ0) is 12.8. The molecule has 2 rings (SSSR count). The van der Waals surface area contributed by atoms with Crippen molar-refractivity contribution in [2.75, 3.05) is 6.54 Å². The van der Waals surface area contributed by atoms with Crippen molar-refractivity contribution in [3.8, 4) is 0 Å². The van der Waals surface area contributed by atoms with Gasteiger partial charge in [0.25, 0.3) is 0 Å². The van der Waals surface area contributed by atoms with Crippen molar-refractivity contribution in [1.29, 1.82) is 0 Å². The van der Waals surface area contributed by atoms with Crippen molar-refractivity contribution in [2.24, 2.45) is 7.05 Å². The van der Waals surface area contributed by atoms with Gasteiger partial charge in [0, 0.05) is 25.9 Å². The fraction of sp³-hybridized carbons (Fsp3) is 0.500. The van der Waals surface area contributed by atoms with Crippen LogP contribution in [0.2, 0.25) is 0 Å². The van der Waals surface area contributed by atoms with Crippen molar-refractivity contribution in [3.63, 3.8) is 0 Å². The lowest BCUT2D eigenvalue weighted by atomic mass is 10.1. The summed E-state index contributed by atoms with van der Waals surface area (Å²) >= 11 is 0. The number of nitrogens with zero attached hydrogens (tertiary/aromatic N) is 5. The molecule has 1 N–H and O–H groups in total. The zero-order valence-corrected chi connectivity index (χ0v) is 10.7. The minimum Gasteiger partial charge on any atom is -0.307 e. The van der Waals surface area contributed by atoms with Crippen LogP contribution in [0.4, 0.5) is 0 Å². The lowest BCUT2D eigenvalue weighted by molar-refractivity contribution is 0.485. The number of aromatic nitrogens is 5. The topological polar surface area (TPSA) is 68.5 Å². The molecule has 0 saturated carbocycles. The second-order valence-corrected chi connectivity index (χ2v) is 4.12. The standard InChI is InChI=1S/C12H18N6/c1-3-5-13-10(12-14-6-4-7-15-12)8-11-16-9-17-18(11)2/h4,6-7,9-10,13H,3,5,8H2,1-2H3. The summed E-state index contributed by atoms with van der Waals surface area (Å²) in [5.74, 6) is 1.73. The quantitative estimate of drug-likeness (QED) is 0.819. The monoisotopic (exact) mass is 246 g/mol. The number of hydrogen-bond acceptors (Lipinski definition) is 5. The molecule has 96 valence electrons. The van der Waals surface area contributed by atoms with Crippen molar-refractivity contribution in [3.05, 3.63) is 36.4 Å². The Morgan fingerprint density at radius 1 is 1.28 bits per heavy atom. The Morgan fingerprint density at radius 3 is 2.67 bits per heavy atom. The first-order valence-corrected chi connectivity index (χ1v) is 6.14.